The third-order valence-corrected chi connectivity index (χ3v) is 3.82. The van der Waals surface area contributed by atoms with Gasteiger partial charge in [0.05, 0.1) is 16.5 Å². The second-order valence-electron chi connectivity index (χ2n) is 4.62. The summed E-state index contributed by atoms with van der Waals surface area (Å²) in [5.41, 5.74) is 1.07. The van der Waals surface area contributed by atoms with Crippen LogP contribution in [0, 0.1) is 10.1 Å². The average molecular weight is 366 g/mol. The van der Waals surface area contributed by atoms with Crippen LogP contribution in [0.3, 0.4) is 0 Å². The SMILES string of the molecule is CCN(Cc1ccc(OC)cc1)c1ncc([N+](=O)[O-])cc1Br. The minimum Gasteiger partial charge on any atom is -0.497 e. The van der Waals surface area contributed by atoms with E-state index in [1.54, 1.807) is 7.11 Å². The Morgan fingerprint density at radius 1 is 1.36 bits per heavy atom. The molecule has 0 amide bonds. The third kappa shape index (κ3) is 3.73. The zero-order valence-electron chi connectivity index (χ0n) is 12.3. The molecule has 0 spiro atoms. The fraction of sp³-hybridized carbons (Fsp3) is 0.267. The van der Waals surface area contributed by atoms with Gasteiger partial charge in [-0.25, -0.2) is 4.98 Å². The van der Waals surface area contributed by atoms with Gasteiger partial charge in [-0.1, -0.05) is 12.1 Å². The maximum Gasteiger partial charge on any atom is 0.288 e. The van der Waals surface area contributed by atoms with Gasteiger partial charge in [0.15, 0.2) is 0 Å². The summed E-state index contributed by atoms with van der Waals surface area (Å²) in [6.45, 7) is 3.40. The highest BCUT2D eigenvalue weighted by Gasteiger charge is 2.15. The Labute approximate surface area is 137 Å². The standard InChI is InChI=1S/C15H16BrN3O3/c1-3-18(10-11-4-6-13(22-2)7-5-11)15-14(16)8-12(9-17-15)19(20)21/h4-9H,3,10H2,1-2H3. The molecule has 0 N–H and O–H groups in total. The number of nitro groups is 1. The Kier molecular flexibility index (Phi) is 5.32. The number of hydrogen-bond donors (Lipinski definition) is 0. The van der Waals surface area contributed by atoms with E-state index in [1.165, 1.54) is 12.3 Å². The van der Waals surface area contributed by atoms with Crippen LogP contribution in [0.25, 0.3) is 0 Å². The Bertz CT molecular complexity index is 662. The van der Waals surface area contributed by atoms with E-state index < -0.39 is 4.92 Å². The van der Waals surface area contributed by atoms with Gasteiger partial charge >= 0.3 is 0 Å². The molecule has 0 radical (unpaired) electrons. The Morgan fingerprint density at radius 3 is 2.55 bits per heavy atom. The molecule has 0 unspecified atom stereocenters. The zero-order valence-corrected chi connectivity index (χ0v) is 13.9. The van der Waals surface area contributed by atoms with Crippen LogP contribution in [-0.4, -0.2) is 23.6 Å². The van der Waals surface area contributed by atoms with E-state index in [1.807, 2.05) is 36.1 Å². The number of aromatic nitrogens is 1. The van der Waals surface area contributed by atoms with Crippen LogP contribution in [-0.2, 0) is 6.54 Å². The van der Waals surface area contributed by atoms with E-state index in [2.05, 4.69) is 20.9 Å². The predicted molar refractivity (Wildman–Crippen MR) is 88.3 cm³/mol. The first-order valence-electron chi connectivity index (χ1n) is 6.73. The number of anilines is 1. The highest BCUT2D eigenvalue weighted by atomic mass is 79.9. The smallest absolute Gasteiger partial charge is 0.288 e. The summed E-state index contributed by atoms with van der Waals surface area (Å²) in [4.78, 5) is 16.6. The van der Waals surface area contributed by atoms with Gasteiger partial charge in [0.1, 0.15) is 17.8 Å². The van der Waals surface area contributed by atoms with Crippen LogP contribution in [0.1, 0.15) is 12.5 Å². The van der Waals surface area contributed by atoms with Crippen molar-refractivity contribution in [1.29, 1.82) is 0 Å². The number of nitrogens with zero attached hydrogens (tertiary/aromatic N) is 3. The fourth-order valence-corrected chi connectivity index (χ4v) is 2.63. The molecule has 0 aliphatic carbocycles. The maximum atomic E-state index is 10.8. The summed E-state index contributed by atoms with van der Waals surface area (Å²) in [5, 5.41) is 10.8. The van der Waals surface area contributed by atoms with Crippen molar-refractivity contribution in [1.82, 2.24) is 4.98 Å². The highest BCUT2D eigenvalue weighted by Crippen LogP contribution is 2.28. The second kappa shape index (κ2) is 7.22. The molecule has 1 aromatic heterocycles. The van der Waals surface area contributed by atoms with Crippen molar-refractivity contribution in [2.75, 3.05) is 18.6 Å². The molecule has 0 saturated carbocycles. The number of rotatable bonds is 6. The number of ether oxygens (including phenoxy) is 1. The van der Waals surface area contributed by atoms with Crippen molar-refractivity contribution in [3.8, 4) is 5.75 Å². The summed E-state index contributed by atoms with van der Waals surface area (Å²) < 4.78 is 5.75. The largest absolute Gasteiger partial charge is 0.497 e. The van der Waals surface area contributed by atoms with Crippen LogP contribution < -0.4 is 9.64 Å². The molecule has 1 aromatic carbocycles. The Hall–Kier alpha value is -2.15. The van der Waals surface area contributed by atoms with E-state index in [4.69, 9.17) is 4.74 Å². The molecule has 2 aromatic rings. The first-order valence-corrected chi connectivity index (χ1v) is 7.52. The predicted octanol–water partition coefficient (Wildman–Crippen LogP) is 3.79. The van der Waals surface area contributed by atoms with Gasteiger partial charge in [-0.15, -0.1) is 0 Å². The summed E-state index contributed by atoms with van der Waals surface area (Å²) in [5.74, 6) is 1.49. The first kappa shape index (κ1) is 16.2. The van der Waals surface area contributed by atoms with Gasteiger partial charge in [-0.2, -0.15) is 0 Å². The van der Waals surface area contributed by atoms with Crippen LogP contribution in [0.2, 0.25) is 0 Å². The number of halogens is 1. The number of methoxy groups -OCH3 is 1. The molecule has 6 nitrogen and oxygen atoms in total. The van der Waals surface area contributed by atoms with Gasteiger partial charge in [0, 0.05) is 19.2 Å². The molecule has 0 fully saturated rings. The van der Waals surface area contributed by atoms with Gasteiger partial charge < -0.3 is 9.64 Å². The van der Waals surface area contributed by atoms with Crippen LogP contribution in [0.5, 0.6) is 5.75 Å². The van der Waals surface area contributed by atoms with E-state index in [9.17, 15) is 10.1 Å². The molecule has 1 heterocycles. The minimum absolute atomic E-state index is 0.0314. The monoisotopic (exact) mass is 365 g/mol. The van der Waals surface area contributed by atoms with Crippen molar-refractivity contribution >= 4 is 27.4 Å². The molecule has 0 aliphatic heterocycles. The normalized spacial score (nSPS) is 10.3. The molecular weight excluding hydrogens is 350 g/mol. The van der Waals surface area contributed by atoms with E-state index >= 15 is 0 Å². The highest BCUT2D eigenvalue weighted by molar-refractivity contribution is 9.10. The Balaban J connectivity index is 2.22. The van der Waals surface area contributed by atoms with Gasteiger partial charge in [0.25, 0.3) is 5.69 Å². The molecule has 0 atom stereocenters. The van der Waals surface area contributed by atoms with Crippen LogP contribution in [0.15, 0.2) is 41.0 Å². The summed E-state index contributed by atoms with van der Waals surface area (Å²) in [7, 11) is 1.63. The molecule has 22 heavy (non-hydrogen) atoms. The average Bonchev–Trinajstić information content (AvgIpc) is 2.53. The van der Waals surface area contributed by atoms with Crippen molar-refractivity contribution in [3.05, 3.63) is 56.7 Å². The van der Waals surface area contributed by atoms with Crippen LogP contribution in [0.4, 0.5) is 11.5 Å². The number of pyridine rings is 1. The Morgan fingerprint density at radius 2 is 2.05 bits per heavy atom. The van der Waals surface area contributed by atoms with E-state index in [0.717, 1.165) is 17.9 Å². The fourth-order valence-electron chi connectivity index (χ4n) is 2.04. The van der Waals surface area contributed by atoms with E-state index in [-0.39, 0.29) is 5.69 Å². The lowest BCUT2D eigenvalue weighted by Crippen LogP contribution is -2.23. The number of benzene rings is 1. The summed E-state index contributed by atoms with van der Waals surface area (Å²) in [6.07, 6.45) is 1.27. The van der Waals surface area contributed by atoms with Gasteiger partial charge in [0.2, 0.25) is 0 Å². The van der Waals surface area contributed by atoms with Crippen molar-refractivity contribution in [2.45, 2.75) is 13.5 Å². The molecule has 0 saturated heterocycles. The third-order valence-electron chi connectivity index (χ3n) is 3.23. The van der Waals surface area contributed by atoms with Crippen molar-refractivity contribution in [2.24, 2.45) is 0 Å². The van der Waals surface area contributed by atoms with Crippen LogP contribution >= 0.6 is 15.9 Å². The lowest BCUT2D eigenvalue weighted by molar-refractivity contribution is -0.385. The molecule has 116 valence electrons. The maximum absolute atomic E-state index is 10.8. The quantitative estimate of drug-likeness (QED) is 0.575. The molecule has 2 rings (SSSR count). The summed E-state index contributed by atoms with van der Waals surface area (Å²) in [6, 6.07) is 9.25. The lowest BCUT2D eigenvalue weighted by atomic mass is 10.2. The van der Waals surface area contributed by atoms with Gasteiger partial charge in [-0.05, 0) is 40.5 Å². The molecule has 7 heteroatoms. The lowest BCUT2D eigenvalue weighted by Gasteiger charge is -2.23. The summed E-state index contributed by atoms with van der Waals surface area (Å²) >= 11 is 3.36. The topological polar surface area (TPSA) is 68.5 Å². The van der Waals surface area contributed by atoms with Gasteiger partial charge in [-0.3, -0.25) is 10.1 Å². The molecule has 0 bridgehead atoms. The van der Waals surface area contributed by atoms with Crippen molar-refractivity contribution < 1.29 is 9.66 Å². The minimum atomic E-state index is -0.457. The van der Waals surface area contributed by atoms with E-state index in [0.29, 0.717) is 16.8 Å². The zero-order chi connectivity index (χ0) is 16.1. The first-order chi connectivity index (χ1) is 10.5. The molecular formula is C15H16BrN3O3. The second-order valence-corrected chi connectivity index (χ2v) is 5.47. The van der Waals surface area contributed by atoms with Crippen molar-refractivity contribution in [3.63, 3.8) is 0 Å². The molecule has 0 aliphatic rings. The number of hydrogen-bond acceptors (Lipinski definition) is 5.